The number of likely N-dealkylation sites (N-methyl/N-ethyl adjacent to an activating group) is 1. The number of nitrogens with zero attached hydrogens (tertiary/aromatic N) is 1. The van der Waals surface area contributed by atoms with E-state index in [1.165, 1.54) is 57.8 Å². The Labute approximate surface area is 145 Å². The van der Waals surface area contributed by atoms with Crippen molar-refractivity contribution in [2.24, 2.45) is 11.3 Å². The molecule has 0 aromatic heterocycles. The molecule has 0 saturated carbocycles. The van der Waals surface area contributed by atoms with E-state index in [9.17, 15) is 4.79 Å². The molecular formula is C21H41NO. The highest BCUT2D eigenvalue weighted by Crippen LogP contribution is 2.38. The second-order valence-corrected chi connectivity index (χ2v) is 8.04. The van der Waals surface area contributed by atoms with Crippen LogP contribution in [0.3, 0.4) is 0 Å². The fourth-order valence-electron chi connectivity index (χ4n) is 3.65. The molecule has 0 aliphatic heterocycles. The van der Waals surface area contributed by atoms with Gasteiger partial charge in [0.2, 0.25) is 5.91 Å². The Morgan fingerprint density at radius 1 is 1.04 bits per heavy atom. The van der Waals surface area contributed by atoms with E-state index in [4.69, 9.17) is 0 Å². The van der Waals surface area contributed by atoms with Crippen LogP contribution >= 0.6 is 0 Å². The van der Waals surface area contributed by atoms with Crippen LogP contribution in [0.15, 0.2) is 12.2 Å². The maximum absolute atomic E-state index is 12.0. The zero-order chi connectivity index (χ0) is 17.9. The summed E-state index contributed by atoms with van der Waals surface area (Å²) in [6, 6.07) is 0. The first-order valence-electron chi connectivity index (χ1n) is 9.65. The first-order chi connectivity index (χ1) is 10.8. The summed E-state index contributed by atoms with van der Waals surface area (Å²) in [4.78, 5) is 13.6. The number of carbonyl (C=O) groups excluding carboxylic acids is 1. The third-order valence-electron chi connectivity index (χ3n) is 4.91. The lowest BCUT2D eigenvalue weighted by Gasteiger charge is -2.33. The van der Waals surface area contributed by atoms with Crippen molar-refractivity contribution >= 4 is 5.91 Å². The van der Waals surface area contributed by atoms with Gasteiger partial charge in [0.1, 0.15) is 0 Å². The fraction of sp³-hybridized carbons (Fsp3) is 0.857. The Balaban J connectivity index is 4.54. The predicted molar refractivity (Wildman–Crippen MR) is 103 cm³/mol. The number of rotatable bonds is 13. The number of hydrogen-bond donors (Lipinski definition) is 0. The topological polar surface area (TPSA) is 20.3 Å². The van der Waals surface area contributed by atoms with Gasteiger partial charge >= 0.3 is 0 Å². The quantitative estimate of drug-likeness (QED) is 0.291. The summed E-state index contributed by atoms with van der Waals surface area (Å²) in [7, 11) is 3.61. The van der Waals surface area contributed by atoms with Crippen LogP contribution in [0.4, 0.5) is 0 Å². The van der Waals surface area contributed by atoms with Gasteiger partial charge < -0.3 is 4.90 Å². The lowest BCUT2D eigenvalue weighted by atomic mass is 9.73. The van der Waals surface area contributed by atoms with Crippen LogP contribution in [0.2, 0.25) is 0 Å². The van der Waals surface area contributed by atoms with E-state index < -0.39 is 0 Å². The summed E-state index contributed by atoms with van der Waals surface area (Å²) in [5, 5.41) is 0. The Bertz CT molecular complexity index is 348. The van der Waals surface area contributed by atoms with Gasteiger partial charge in [-0.15, -0.1) is 0 Å². The maximum atomic E-state index is 12.0. The molecule has 2 heteroatoms. The maximum Gasteiger partial charge on any atom is 0.248 e. The minimum Gasteiger partial charge on any atom is -0.345 e. The summed E-state index contributed by atoms with van der Waals surface area (Å²) in [5.74, 6) is 0.606. The van der Waals surface area contributed by atoms with Crippen molar-refractivity contribution in [2.45, 2.75) is 91.9 Å². The average molecular weight is 324 g/mol. The molecule has 23 heavy (non-hydrogen) atoms. The van der Waals surface area contributed by atoms with Crippen LogP contribution in [0.5, 0.6) is 0 Å². The number of carbonyl (C=O) groups is 1. The van der Waals surface area contributed by atoms with Crippen LogP contribution in [0, 0.1) is 11.3 Å². The summed E-state index contributed by atoms with van der Waals surface area (Å²) >= 11 is 0. The third-order valence-corrected chi connectivity index (χ3v) is 4.91. The van der Waals surface area contributed by atoms with Crippen LogP contribution < -0.4 is 0 Å². The first kappa shape index (κ1) is 22.2. The molecule has 0 saturated heterocycles. The van der Waals surface area contributed by atoms with E-state index >= 15 is 0 Å². The Hall–Kier alpha value is -0.790. The molecule has 0 aromatic rings. The zero-order valence-electron chi connectivity index (χ0n) is 16.7. The highest BCUT2D eigenvalue weighted by atomic mass is 16.2. The SMILES string of the molecule is C=C(CC(C)CC(C)(CCCC)CCCCCC)C(=O)N(C)C. The fourth-order valence-corrected chi connectivity index (χ4v) is 3.65. The second kappa shape index (κ2) is 11.7. The molecule has 0 radical (unpaired) electrons. The molecule has 2 atom stereocenters. The van der Waals surface area contributed by atoms with Crippen LogP contribution in [0.1, 0.15) is 91.9 Å². The zero-order valence-corrected chi connectivity index (χ0v) is 16.7. The average Bonchev–Trinajstić information content (AvgIpc) is 2.48. The lowest BCUT2D eigenvalue weighted by molar-refractivity contribution is -0.125. The second-order valence-electron chi connectivity index (χ2n) is 8.04. The molecular weight excluding hydrogens is 282 g/mol. The molecule has 0 bridgehead atoms. The monoisotopic (exact) mass is 323 g/mol. The molecule has 0 N–H and O–H groups in total. The van der Waals surface area contributed by atoms with Gasteiger partial charge in [-0.2, -0.15) is 0 Å². The minimum atomic E-state index is 0.0788. The van der Waals surface area contributed by atoms with Gasteiger partial charge in [-0.05, 0) is 37.0 Å². The van der Waals surface area contributed by atoms with Gasteiger partial charge in [0.15, 0.2) is 0 Å². The van der Waals surface area contributed by atoms with Crippen molar-refractivity contribution in [3.8, 4) is 0 Å². The first-order valence-corrected chi connectivity index (χ1v) is 9.65. The van der Waals surface area contributed by atoms with Crippen molar-refractivity contribution < 1.29 is 4.79 Å². The molecule has 0 spiro atoms. The lowest BCUT2D eigenvalue weighted by Crippen LogP contribution is -2.25. The van der Waals surface area contributed by atoms with Crippen molar-refractivity contribution in [1.29, 1.82) is 0 Å². The highest BCUT2D eigenvalue weighted by Gasteiger charge is 2.26. The molecule has 0 aliphatic carbocycles. The number of unbranched alkanes of at least 4 members (excludes halogenated alkanes) is 4. The summed E-state index contributed by atoms with van der Waals surface area (Å²) in [5.41, 5.74) is 1.18. The molecule has 0 aromatic carbocycles. The molecule has 0 rings (SSSR count). The number of amides is 1. The summed E-state index contributed by atoms with van der Waals surface area (Å²) in [6.45, 7) is 13.3. The van der Waals surface area contributed by atoms with Crippen LogP contribution in [-0.4, -0.2) is 24.9 Å². The van der Waals surface area contributed by atoms with Gasteiger partial charge in [0, 0.05) is 19.7 Å². The van der Waals surface area contributed by atoms with Gasteiger partial charge in [0.05, 0.1) is 0 Å². The smallest absolute Gasteiger partial charge is 0.248 e. The molecule has 2 unspecified atom stereocenters. The van der Waals surface area contributed by atoms with Crippen molar-refractivity contribution in [3.05, 3.63) is 12.2 Å². The van der Waals surface area contributed by atoms with Gasteiger partial charge in [-0.3, -0.25) is 4.79 Å². The Morgan fingerprint density at radius 2 is 1.61 bits per heavy atom. The van der Waals surface area contributed by atoms with Gasteiger partial charge in [-0.1, -0.05) is 72.8 Å². The normalized spacial score (nSPS) is 15.0. The third kappa shape index (κ3) is 9.84. The molecule has 2 nitrogen and oxygen atoms in total. The Morgan fingerprint density at radius 3 is 2.13 bits per heavy atom. The van der Waals surface area contributed by atoms with Crippen LogP contribution in [-0.2, 0) is 4.79 Å². The summed E-state index contributed by atoms with van der Waals surface area (Å²) in [6.07, 6.45) is 12.6. The molecule has 0 heterocycles. The van der Waals surface area contributed by atoms with Crippen LogP contribution in [0.25, 0.3) is 0 Å². The molecule has 1 amide bonds. The van der Waals surface area contributed by atoms with Gasteiger partial charge in [-0.25, -0.2) is 0 Å². The highest BCUT2D eigenvalue weighted by molar-refractivity contribution is 5.92. The van der Waals surface area contributed by atoms with Crippen molar-refractivity contribution in [1.82, 2.24) is 4.90 Å². The minimum absolute atomic E-state index is 0.0788. The van der Waals surface area contributed by atoms with Crippen molar-refractivity contribution in [3.63, 3.8) is 0 Å². The molecule has 136 valence electrons. The van der Waals surface area contributed by atoms with E-state index in [1.807, 2.05) is 0 Å². The molecule has 0 aliphatic rings. The molecule has 0 fully saturated rings. The largest absolute Gasteiger partial charge is 0.345 e. The van der Waals surface area contributed by atoms with E-state index in [0.29, 0.717) is 11.3 Å². The van der Waals surface area contributed by atoms with E-state index in [1.54, 1.807) is 19.0 Å². The summed E-state index contributed by atoms with van der Waals surface area (Å²) < 4.78 is 0. The van der Waals surface area contributed by atoms with E-state index in [-0.39, 0.29) is 5.91 Å². The standard InChI is InChI=1S/C21H41NO/c1-8-10-12-13-15-21(5,14-11-9-2)17-18(3)16-19(4)20(23)22(6)7/h18H,4,8-17H2,1-3,5-7H3. The Kier molecular flexibility index (Phi) is 11.3. The number of hydrogen-bond acceptors (Lipinski definition) is 1. The predicted octanol–water partition coefficient (Wildman–Crippen LogP) is 6.21. The van der Waals surface area contributed by atoms with E-state index in [2.05, 4.69) is 34.3 Å². The van der Waals surface area contributed by atoms with Gasteiger partial charge in [0.25, 0.3) is 0 Å². The van der Waals surface area contributed by atoms with Crippen molar-refractivity contribution in [2.75, 3.05) is 14.1 Å². The van der Waals surface area contributed by atoms with E-state index in [0.717, 1.165) is 12.0 Å².